The summed E-state index contributed by atoms with van der Waals surface area (Å²) < 4.78 is 5.44. The topological polar surface area (TPSA) is 12.5 Å². The molecule has 118 valence electrons. The van der Waals surface area contributed by atoms with Crippen molar-refractivity contribution in [3.63, 3.8) is 0 Å². The van der Waals surface area contributed by atoms with Gasteiger partial charge >= 0.3 is 0 Å². The molecule has 1 aromatic rings. The predicted octanol–water partition coefficient (Wildman–Crippen LogP) is 4.12. The monoisotopic (exact) mass is 309 g/mol. The molecule has 0 N–H and O–H groups in total. The van der Waals surface area contributed by atoms with E-state index in [9.17, 15) is 0 Å². The maximum atomic E-state index is 5.44. The van der Waals surface area contributed by atoms with Crippen molar-refractivity contribution in [3.05, 3.63) is 29.3 Å². The fraction of sp³-hybridized carbons (Fsp3) is 0.667. The van der Waals surface area contributed by atoms with E-state index in [0.29, 0.717) is 0 Å². The first-order valence-electron chi connectivity index (χ1n) is 8.00. The van der Waals surface area contributed by atoms with Gasteiger partial charge in [0.1, 0.15) is 5.75 Å². The summed E-state index contributed by atoms with van der Waals surface area (Å²) in [5.74, 6) is 3.56. The molecule has 0 heterocycles. The third kappa shape index (κ3) is 3.37. The summed E-state index contributed by atoms with van der Waals surface area (Å²) in [5, 5.41) is 0. The van der Waals surface area contributed by atoms with Gasteiger partial charge in [0.25, 0.3) is 0 Å². The average Bonchev–Trinajstić information content (AvgIpc) is 2.46. The molecule has 1 aromatic carbocycles. The Morgan fingerprint density at radius 3 is 2.71 bits per heavy atom. The van der Waals surface area contributed by atoms with Crippen molar-refractivity contribution in [2.75, 3.05) is 27.7 Å². The summed E-state index contributed by atoms with van der Waals surface area (Å²) >= 11 is 0. The molecule has 1 fully saturated rings. The number of halogens is 1. The Balaban J connectivity index is 0.00000161. The summed E-state index contributed by atoms with van der Waals surface area (Å²) in [6.07, 6.45) is 6.80. The zero-order chi connectivity index (χ0) is 14.1. The molecule has 0 aromatic heterocycles. The van der Waals surface area contributed by atoms with Crippen LogP contribution in [-0.4, -0.2) is 32.6 Å². The van der Waals surface area contributed by atoms with Gasteiger partial charge in [-0.25, -0.2) is 0 Å². The summed E-state index contributed by atoms with van der Waals surface area (Å²) in [5.41, 5.74) is 3.15. The minimum absolute atomic E-state index is 0. The van der Waals surface area contributed by atoms with Crippen LogP contribution in [0.15, 0.2) is 18.2 Å². The molecule has 2 aliphatic carbocycles. The molecule has 0 spiro atoms. The van der Waals surface area contributed by atoms with E-state index in [4.69, 9.17) is 4.74 Å². The predicted molar refractivity (Wildman–Crippen MR) is 90.7 cm³/mol. The van der Waals surface area contributed by atoms with E-state index in [2.05, 4.69) is 37.2 Å². The molecule has 1 saturated carbocycles. The minimum Gasteiger partial charge on any atom is -0.497 e. The molecule has 0 radical (unpaired) electrons. The Hall–Kier alpha value is -0.730. The number of hydrogen-bond donors (Lipinski definition) is 0. The Kier molecular flexibility index (Phi) is 5.56. The SMILES string of the molecule is COc1ccc2c(c1)C1CCCC(CN(C)C)C1CC2.Cl. The quantitative estimate of drug-likeness (QED) is 0.832. The van der Waals surface area contributed by atoms with Crippen molar-refractivity contribution in [2.24, 2.45) is 11.8 Å². The largest absolute Gasteiger partial charge is 0.497 e. The van der Waals surface area contributed by atoms with Crippen molar-refractivity contribution in [3.8, 4) is 5.75 Å². The van der Waals surface area contributed by atoms with Gasteiger partial charge < -0.3 is 9.64 Å². The standard InChI is InChI=1S/C18H27NO.ClH/c1-19(2)12-14-5-4-6-17-16(14)10-8-13-7-9-15(20-3)11-18(13)17;/h7,9,11,14,16-17H,4-6,8,10,12H2,1-3H3;1H. The van der Waals surface area contributed by atoms with Gasteiger partial charge in [-0.1, -0.05) is 12.5 Å². The average molecular weight is 310 g/mol. The van der Waals surface area contributed by atoms with E-state index >= 15 is 0 Å². The van der Waals surface area contributed by atoms with Gasteiger partial charge in [-0.3, -0.25) is 0 Å². The van der Waals surface area contributed by atoms with Gasteiger partial charge in [-0.15, -0.1) is 12.4 Å². The van der Waals surface area contributed by atoms with Crippen LogP contribution in [0.1, 0.15) is 42.7 Å². The van der Waals surface area contributed by atoms with E-state index in [1.54, 1.807) is 18.2 Å². The van der Waals surface area contributed by atoms with Crippen molar-refractivity contribution in [2.45, 2.75) is 38.0 Å². The molecule has 21 heavy (non-hydrogen) atoms. The number of rotatable bonds is 3. The van der Waals surface area contributed by atoms with E-state index in [1.807, 2.05) is 0 Å². The van der Waals surface area contributed by atoms with Crippen molar-refractivity contribution in [1.29, 1.82) is 0 Å². The zero-order valence-corrected chi connectivity index (χ0v) is 14.3. The molecule has 3 rings (SSSR count). The second-order valence-corrected chi connectivity index (χ2v) is 6.83. The van der Waals surface area contributed by atoms with Crippen molar-refractivity contribution in [1.82, 2.24) is 4.90 Å². The number of benzene rings is 1. The highest BCUT2D eigenvalue weighted by Gasteiger charge is 2.37. The first-order chi connectivity index (χ1) is 9.69. The Bertz CT molecular complexity index is 474. The maximum absolute atomic E-state index is 5.44. The van der Waals surface area contributed by atoms with Crippen molar-refractivity contribution < 1.29 is 4.74 Å². The lowest BCUT2D eigenvalue weighted by atomic mass is 9.63. The van der Waals surface area contributed by atoms with Crippen LogP contribution in [0.25, 0.3) is 0 Å². The molecule has 0 amide bonds. The second-order valence-electron chi connectivity index (χ2n) is 6.83. The highest BCUT2D eigenvalue weighted by molar-refractivity contribution is 5.85. The Labute approximate surface area is 135 Å². The van der Waals surface area contributed by atoms with Gasteiger partial charge in [0.15, 0.2) is 0 Å². The van der Waals surface area contributed by atoms with Crippen LogP contribution in [-0.2, 0) is 6.42 Å². The molecule has 0 saturated heterocycles. The fourth-order valence-electron chi connectivity index (χ4n) is 4.47. The summed E-state index contributed by atoms with van der Waals surface area (Å²) in [6, 6.07) is 6.73. The Morgan fingerprint density at radius 1 is 1.19 bits per heavy atom. The third-order valence-corrected chi connectivity index (χ3v) is 5.31. The van der Waals surface area contributed by atoms with Gasteiger partial charge in [0.05, 0.1) is 7.11 Å². The first kappa shape index (κ1) is 16.6. The van der Waals surface area contributed by atoms with Gasteiger partial charge in [0, 0.05) is 6.54 Å². The van der Waals surface area contributed by atoms with Gasteiger partial charge in [-0.2, -0.15) is 0 Å². The number of hydrogen-bond acceptors (Lipinski definition) is 2. The second kappa shape index (κ2) is 7.02. The van der Waals surface area contributed by atoms with Gasteiger partial charge in [-0.05, 0) is 80.8 Å². The molecular formula is C18H28ClNO. The Morgan fingerprint density at radius 2 is 2.00 bits per heavy atom. The first-order valence-corrected chi connectivity index (χ1v) is 8.00. The van der Waals surface area contributed by atoms with Crippen LogP contribution in [0.5, 0.6) is 5.75 Å². The van der Waals surface area contributed by atoms with E-state index in [-0.39, 0.29) is 12.4 Å². The molecule has 2 aliphatic rings. The van der Waals surface area contributed by atoms with Crippen LogP contribution in [0.2, 0.25) is 0 Å². The van der Waals surface area contributed by atoms with Crippen LogP contribution in [0.3, 0.4) is 0 Å². The third-order valence-electron chi connectivity index (χ3n) is 5.31. The van der Waals surface area contributed by atoms with E-state index in [0.717, 1.165) is 23.5 Å². The molecule has 3 unspecified atom stereocenters. The normalized spacial score (nSPS) is 27.5. The highest BCUT2D eigenvalue weighted by atomic mass is 35.5. The fourth-order valence-corrected chi connectivity index (χ4v) is 4.47. The number of fused-ring (bicyclic) bond motifs is 3. The number of methoxy groups -OCH3 is 1. The van der Waals surface area contributed by atoms with Crippen LogP contribution in [0, 0.1) is 11.8 Å². The lowest BCUT2D eigenvalue weighted by Gasteiger charge is -2.43. The molecule has 0 bridgehead atoms. The molecule has 2 nitrogen and oxygen atoms in total. The minimum atomic E-state index is 0. The smallest absolute Gasteiger partial charge is 0.119 e. The van der Waals surface area contributed by atoms with Crippen molar-refractivity contribution >= 4 is 12.4 Å². The van der Waals surface area contributed by atoms with E-state index < -0.39 is 0 Å². The lowest BCUT2D eigenvalue weighted by molar-refractivity contribution is 0.145. The molecule has 3 heteroatoms. The number of aryl methyl sites for hydroxylation is 1. The molecular weight excluding hydrogens is 282 g/mol. The van der Waals surface area contributed by atoms with Crippen LogP contribution >= 0.6 is 12.4 Å². The van der Waals surface area contributed by atoms with Crippen LogP contribution in [0.4, 0.5) is 0 Å². The summed E-state index contributed by atoms with van der Waals surface area (Å²) in [7, 11) is 6.20. The van der Waals surface area contributed by atoms with E-state index in [1.165, 1.54) is 38.6 Å². The number of ether oxygens (including phenoxy) is 1. The zero-order valence-electron chi connectivity index (χ0n) is 13.5. The lowest BCUT2D eigenvalue weighted by Crippen LogP contribution is -2.36. The maximum Gasteiger partial charge on any atom is 0.119 e. The molecule has 3 atom stereocenters. The highest BCUT2D eigenvalue weighted by Crippen LogP contribution is 2.48. The number of nitrogens with zero attached hydrogens (tertiary/aromatic N) is 1. The summed E-state index contributed by atoms with van der Waals surface area (Å²) in [4.78, 5) is 2.37. The van der Waals surface area contributed by atoms with Crippen LogP contribution < -0.4 is 4.74 Å². The summed E-state index contributed by atoms with van der Waals surface area (Å²) in [6.45, 7) is 1.25. The van der Waals surface area contributed by atoms with Gasteiger partial charge in [0.2, 0.25) is 0 Å². The molecule has 0 aliphatic heterocycles.